The normalized spacial score (nSPS) is 13.0. The van der Waals surface area contributed by atoms with E-state index in [0.29, 0.717) is 24.9 Å². The topological polar surface area (TPSA) is 82.7 Å². The van der Waals surface area contributed by atoms with Crippen LogP contribution in [0.5, 0.6) is 0 Å². The maximum Gasteiger partial charge on any atom is 0.216 e. The first-order valence-electron chi connectivity index (χ1n) is 9.44. The summed E-state index contributed by atoms with van der Waals surface area (Å²) in [5.41, 5.74) is 3.11. The van der Waals surface area contributed by atoms with Crippen LogP contribution in [-0.2, 0) is 12.0 Å². The molecule has 156 valence electrons. The molecule has 2 aromatic rings. The lowest BCUT2D eigenvalue weighted by Gasteiger charge is -2.20. The van der Waals surface area contributed by atoms with Crippen molar-refractivity contribution in [3.8, 4) is 0 Å². The van der Waals surface area contributed by atoms with Gasteiger partial charge in [0.25, 0.3) is 0 Å². The highest BCUT2D eigenvalue weighted by molar-refractivity contribution is 14.0. The van der Waals surface area contributed by atoms with Crippen LogP contribution >= 0.6 is 24.0 Å². The van der Waals surface area contributed by atoms with Crippen molar-refractivity contribution in [2.45, 2.75) is 59.6 Å². The summed E-state index contributed by atoms with van der Waals surface area (Å²) >= 11 is 0. The molecule has 0 aliphatic heterocycles. The molecule has 1 atom stereocenters. The highest BCUT2D eigenvalue weighted by Gasteiger charge is 2.15. The number of hydrogen-bond acceptors (Lipinski definition) is 4. The van der Waals surface area contributed by atoms with Gasteiger partial charge in [0.1, 0.15) is 12.3 Å². The van der Waals surface area contributed by atoms with E-state index in [-0.39, 0.29) is 29.4 Å². The number of halogens is 1. The van der Waals surface area contributed by atoms with Crippen LogP contribution in [0, 0.1) is 13.8 Å². The number of aliphatic imine (C=N–C) groups is 1. The lowest BCUT2D eigenvalue weighted by Crippen LogP contribution is -2.39. The zero-order chi connectivity index (χ0) is 20.0. The van der Waals surface area contributed by atoms with Crippen LogP contribution in [0.15, 0.2) is 33.7 Å². The van der Waals surface area contributed by atoms with Gasteiger partial charge in [0.15, 0.2) is 5.96 Å². The number of aliphatic hydroxyl groups is 1. The van der Waals surface area contributed by atoms with Crippen molar-refractivity contribution in [1.82, 2.24) is 15.6 Å². The fourth-order valence-electron chi connectivity index (χ4n) is 2.61. The SMILES string of the molecule is CCNC(=NCc1nc(C)c(C)o1)NCC(O)c1ccc(C(C)(C)C)cc1.I. The maximum atomic E-state index is 10.5. The van der Waals surface area contributed by atoms with Crippen molar-refractivity contribution >= 4 is 29.9 Å². The molecule has 0 bridgehead atoms. The first kappa shape index (κ1) is 24.4. The van der Waals surface area contributed by atoms with Gasteiger partial charge in [0.2, 0.25) is 5.89 Å². The third-order valence-electron chi connectivity index (χ3n) is 4.41. The lowest BCUT2D eigenvalue weighted by molar-refractivity contribution is 0.181. The molecule has 0 radical (unpaired) electrons. The first-order valence-corrected chi connectivity index (χ1v) is 9.44. The van der Waals surface area contributed by atoms with Crippen molar-refractivity contribution in [1.29, 1.82) is 0 Å². The summed E-state index contributed by atoms with van der Waals surface area (Å²) in [6.45, 7) is 13.8. The van der Waals surface area contributed by atoms with E-state index < -0.39 is 6.10 Å². The monoisotopic (exact) mass is 500 g/mol. The van der Waals surface area contributed by atoms with Crippen molar-refractivity contribution < 1.29 is 9.52 Å². The molecule has 7 heteroatoms. The summed E-state index contributed by atoms with van der Waals surface area (Å²) in [6, 6.07) is 8.11. The molecule has 6 nitrogen and oxygen atoms in total. The zero-order valence-corrected chi connectivity index (χ0v) is 20.0. The van der Waals surface area contributed by atoms with Crippen LogP contribution in [0.1, 0.15) is 62.3 Å². The van der Waals surface area contributed by atoms with E-state index in [1.807, 2.05) is 32.9 Å². The highest BCUT2D eigenvalue weighted by atomic mass is 127. The highest BCUT2D eigenvalue weighted by Crippen LogP contribution is 2.23. The third kappa shape index (κ3) is 7.09. The summed E-state index contributed by atoms with van der Waals surface area (Å²) in [7, 11) is 0. The molecule has 1 aromatic heterocycles. The molecule has 0 amide bonds. The minimum Gasteiger partial charge on any atom is -0.444 e. The predicted octanol–water partition coefficient (Wildman–Crippen LogP) is 4.00. The van der Waals surface area contributed by atoms with Crippen LogP contribution in [-0.4, -0.2) is 29.1 Å². The molecular formula is C21H33IN4O2. The van der Waals surface area contributed by atoms with E-state index in [2.05, 4.69) is 53.5 Å². The summed E-state index contributed by atoms with van der Waals surface area (Å²) in [4.78, 5) is 8.81. The van der Waals surface area contributed by atoms with Gasteiger partial charge in [-0.2, -0.15) is 0 Å². The molecule has 2 rings (SSSR count). The number of guanidine groups is 1. The average molecular weight is 500 g/mol. The van der Waals surface area contributed by atoms with Crippen LogP contribution in [0.25, 0.3) is 0 Å². The predicted molar refractivity (Wildman–Crippen MR) is 124 cm³/mol. The molecule has 0 aliphatic rings. The summed E-state index contributed by atoms with van der Waals surface area (Å²) in [5, 5.41) is 16.8. The number of aliphatic hydroxyl groups excluding tert-OH is 1. The van der Waals surface area contributed by atoms with E-state index in [0.717, 1.165) is 23.6 Å². The van der Waals surface area contributed by atoms with E-state index in [4.69, 9.17) is 4.42 Å². The van der Waals surface area contributed by atoms with Crippen molar-refractivity contribution in [3.63, 3.8) is 0 Å². The Morgan fingerprint density at radius 1 is 1.18 bits per heavy atom. The number of nitrogens with one attached hydrogen (secondary N) is 2. The Hall–Kier alpha value is -1.61. The largest absolute Gasteiger partial charge is 0.444 e. The fraction of sp³-hybridized carbons (Fsp3) is 0.524. The Balaban J connectivity index is 0.00000392. The van der Waals surface area contributed by atoms with Crippen LogP contribution in [0.3, 0.4) is 0 Å². The van der Waals surface area contributed by atoms with Gasteiger partial charge in [-0.05, 0) is 37.3 Å². The quantitative estimate of drug-likeness (QED) is 0.318. The molecule has 3 N–H and O–H groups in total. The molecule has 0 fully saturated rings. The van der Waals surface area contributed by atoms with E-state index in [1.54, 1.807) is 0 Å². The van der Waals surface area contributed by atoms with Gasteiger partial charge in [-0.15, -0.1) is 24.0 Å². The van der Waals surface area contributed by atoms with Crippen LogP contribution in [0.2, 0.25) is 0 Å². The average Bonchev–Trinajstić information content (AvgIpc) is 2.94. The van der Waals surface area contributed by atoms with Gasteiger partial charge >= 0.3 is 0 Å². The number of benzene rings is 1. The minimum absolute atomic E-state index is 0. The van der Waals surface area contributed by atoms with Crippen molar-refractivity contribution in [2.24, 2.45) is 4.99 Å². The van der Waals surface area contributed by atoms with Crippen LogP contribution in [0.4, 0.5) is 0 Å². The standard InChI is InChI=1S/C21H32N4O2.HI/c1-7-22-20(24-13-19-25-14(2)15(3)27-19)23-12-18(26)16-8-10-17(11-9-16)21(4,5)6;/h8-11,18,26H,7,12-13H2,1-6H3,(H2,22,23,24);1H. The summed E-state index contributed by atoms with van der Waals surface area (Å²) in [6.07, 6.45) is -0.617. The molecule has 0 aliphatic carbocycles. The zero-order valence-electron chi connectivity index (χ0n) is 17.7. The van der Waals surface area contributed by atoms with E-state index in [1.165, 1.54) is 5.56 Å². The number of hydrogen-bond donors (Lipinski definition) is 3. The summed E-state index contributed by atoms with van der Waals surface area (Å²) in [5.74, 6) is 2.02. The Morgan fingerprint density at radius 2 is 1.82 bits per heavy atom. The second-order valence-corrected chi connectivity index (χ2v) is 7.71. The number of aromatic nitrogens is 1. The second kappa shape index (κ2) is 10.8. The molecule has 0 saturated carbocycles. The van der Waals surface area contributed by atoms with E-state index >= 15 is 0 Å². The molecule has 28 heavy (non-hydrogen) atoms. The number of nitrogens with zero attached hydrogens (tertiary/aromatic N) is 2. The third-order valence-corrected chi connectivity index (χ3v) is 4.41. The number of aryl methyl sites for hydroxylation is 2. The lowest BCUT2D eigenvalue weighted by atomic mass is 9.86. The molecular weight excluding hydrogens is 467 g/mol. The molecule has 0 spiro atoms. The van der Waals surface area contributed by atoms with Crippen molar-refractivity contribution in [2.75, 3.05) is 13.1 Å². The van der Waals surface area contributed by atoms with Gasteiger partial charge in [0.05, 0.1) is 11.8 Å². The fourth-order valence-corrected chi connectivity index (χ4v) is 2.61. The Kier molecular flexibility index (Phi) is 9.43. The van der Waals surface area contributed by atoms with Gasteiger partial charge < -0.3 is 20.2 Å². The van der Waals surface area contributed by atoms with E-state index in [9.17, 15) is 5.11 Å². The second-order valence-electron chi connectivity index (χ2n) is 7.71. The molecule has 1 unspecified atom stereocenters. The molecule has 0 saturated heterocycles. The van der Waals surface area contributed by atoms with Gasteiger partial charge in [0, 0.05) is 13.1 Å². The van der Waals surface area contributed by atoms with Gasteiger partial charge in [-0.25, -0.2) is 9.98 Å². The van der Waals surface area contributed by atoms with Gasteiger partial charge in [-0.1, -0.05) is 45.0 Å². The molecule has 1 heterocycles. The Morgan fingerprint density at radius 3 is 2.32 bits per heavy atom. The Labute approximate surface area is 185 Å². The first-order chi connectivity index (χ1) is 12.7. The molecule has 1 aromatic carbocycles. The summed E-state index contributed by atoms with van der Waals surface area (Å²) < 4.78 is 5.55. The number of rotatable bonds is 6. The van der Waals surface area contributed by atoms with Crippen molar-refractivity contribution in [3.05, 3.63) is 52.7 Å². The maximum absolute atomic E-state index is 10.5. The minimum atomic E-state index is -0.617. The number of oxazole rings is 1. The van der Waals surface area contributed by atoms with Gasteiger partial charge in [-0.3, -0.25) is 0 Å². The Bertz CT molecular complexity index is 744. The van der Waals surface area contributed by atoms with Crippen LogP contribution < -0.4 is 10.6 Å². The smallest absolute Gasteiger partial charge is 0.216 e.